The maximum absolute atomic E-state index is 12.7. The molecular formula is C17H24F3N. The second-order valence-corrected chi connectivity index (χ2v) is 6.12. The zero-order chi connectivity index (χ0) is 15.5. The Hall–Kier alpha value is -1.03. The Morgan fingerprint density at radius 1 is 1.19 bits per heavy atom. The summed E-state index contributed by atoms with van der Waals surface area (Å²) >= 11 is 0. The van der Waals surface area contributed by atoms with E-state index < -0.39 is 11.7 Å². The van der Waals surface area contributed by atoms with Crippen molar-refractivity contribution in [2.24, 2.45) is 11.8 Å². The fourth-order valence-electron chi connectivity index (χ4n) is 3.37. The first-order chi connectivity index (χ1) is 9.93. The van der Waals surface area contributed by atoms with Crippen LogP contribution in [0.2, 0.25) is 0 Å². The minimum atomic E-state index is -4.26. The van der Waals surface area contributed by atoms with Gasteiger partial charge in [0.25, 0.3) is 0 Å². The van der Waals surface area contributed by atoms with Crippen molar-refractivity contribution < 1.29 is 13.2 Å². The highest BCUT2D eigenvalue weighted by Crippen LogP contribution is 2.40. The first-order valence-electron chi connectivity index (χ1n) is 7.84. The lowest BCUT2D eigenvalue weighted by Gasteiger charge is -2.29. The van der Waals surface area contributed by atoms with Crippen molar-refractivity contribution in [3.63, 3.8) is 0 Å². The standard InChI is InChI=1S/C17H24F3N/c1-3-11-21-16(15-6-4-5-12(15)2)13-7-9-14(10-8-13)17(18,19)20/h7-10,12,15-16,21H,3-6,11H2,1-2H3. The van der Waals surface area contributed by atoms with Crippen molar-refractivity contribution in [1.82, 2.24) is 5.32 Å². The van der Waals surface area contributed by atoms with Crippen LogP contribution in [0.25, 0.3) is 0 Å². The molecule has 1 aromatic rings. The van der Waals surface area contributed by atoms with Crippen LogP contribution >= 0.6 is 0 Å². The summed E-state index contributed by atoms with van der Waals surface area (Å²) in [7, 11) is 0. The summed E-state index contributed by atoms with van der Waals surface area (Å²) < 4.78 is 38.0. The third-order valence-corrected chi connectivity index (χ3v) is 4.57. The third-order valence-electron chi connectivity index (χ3n) is 4.57. The van der Waals surface area contributed by atoms with Gasteiger partial charge in [0.1, 0.15) is 0 Å². The molecule has 1 aromatic carbocycles. The van der Waals surface area contributed by atoms with Crippen LogP contribution in [0.1, 0.15) is 56.7 Å². The fraction of sp³-hybridized carbons (Fsp3) is 0.647. The first kappa shape index (κ1) is 16.3. The number of rotatable bonds is 5. The van der Waals surface area contributed by atoms with Crippen molar-refractivity contribution in [2.45, 2.75) is 51.7 Å². The average molecular weight is 299 g/mol. The lowest BCUT2D eigenvalue weighted by molar-refractivity contribution is -0.137. The molecule has 4 heteroatoms. The van der Waals surface area contributed by atoms with E-state index in [9.17, 15) is 13.2 Å². The topological polar surface area (TPSA) is 12.0 Å². The number of hydrogen-bond donors (Lipinski definition) is 1. The van der Waals surface area contributed by atoms with Gasteiger partial charge in [-0.15, -0.1) is 0 Å². The molecule has 0 spiro atoms. The van der Waals surface area contributed by atoms with E-state index in [2.05, 4.69) is 19.2 Å². The normalized spacial score (nSPS) is 24.2. The summed E-state index contributed by atoms with van der Waals surface area (Å²) in [6, 6.07) is 5.86. The van der Waals surface area contributed by atoms with E-state index in [1.165, 1.54) is 25.0 Å². The van der Waals surface area contributed by atoms with Gasteiger partial charge >= 0.3 is 6.18 Å². The van der Waals surface area contributed by atoms with Crippen LogP contribution in [0.5, 0.6) is 0 Å². The zero-order valence-corrected chi connectivity index (χ0v) is 12.7. The molecule has 1 saturated carbocycles. The zero-order valence-electron chi connectivity index (χ0n) is 12.7. The summed E-state index contributed by atoms with van der Waals surface area (Å²) in [6.07, 6.45) is 0.361. The molecule has 0 heterocycles. The summed E-state index contributed by atoms with van der Waals surface area (Å²) in [5.41, 5.74) is 0.412. The molecule has 118 valence electrons. The van der Waals surface area contributed by atoms with E-state index in [0.717, 1.165) is 24.9 Å². The number of halogens is 3. The van der Waals surface area contributed by atoms with E-state index >= 15 is 0 Å². The van der Waals surface area contributed by atoms with Gasteiger partial charge < -0.3 is 5.32 Å². The van der Waals surface area contributed by atoms with Gasteiger partial charge in [-0.25, -0.2) is 0 Å². The minimum absolute atomic E-state index is 0.171. The second kappa shape index (κ2) is 6.82. The van der Waals surface area contributed by atoms with Crippen LogP contribution in [0.4, 0.5) is 13.2 Å². The number of alkyl halides is 3. The lowest BCUT2D eigenvalue weighted by atomic mass is 9.85. The highest BCUT2D eigenvalue weighted by molar-refractivity contribution is 5.27. The summed E-state index contributed by atoms with van der Waals surface area (Å²) in [6.45, 7) is 5.26. The largest absolute Gasteiger partial charge is 0.416 e. The van der Waals surface area contributed by atoms with Crippen LogP contribution in [0.3, 0.4) is 0 Å². The van der Waals surface area contributed by atoms with E-state index in [-0.39, 0.29) is 6.04 Å². The van der Waals surface area contributed by atoms with Crippen molar-refractivity contribution in [3.8, 4) is 0 Å². The summed E-state index contributed by atoms with van der Waals surface area (Å²) in [4.78, 5) is 0. The lowest BCUT2D eigenvalue weighted by Crippen LogP contribution is -2.30. The van der Waals surface area contributed by atoms with Gasteiger partial charge in [-0.05, 0) is 48.9 Å². The highest BCUT2D eigenvalue weighted by atomic mass is 19.4. The van der Waals surface area contributed by atoms with Gasteiger partial charge in [0.05, 0.1) is 5.56 Å². The molecule has 0 bridgehead atoms. The summed E-state index contributed by atoms with van der Waals surface area (Å²) in [5, 5.41) is 3.54. The minimum Gasteiger partial charge on any atom is -0.310 e. The Labute approximate surface area is 124 Å². The van der Waals surface area contributed by atoms with Gasteiger partial charge in [-0.2, -0.15) is 13.2 Å². The Balaban J connectivity index is 2.20. The Morgan fingerprint density at radius 3 is 2.33 bits per heavy atom. The molecule has 0 aliphatic heterocycles. The molecule has 21 heavy (non-hydrogen) atoms. The molecule has 1 aliphatic rings. The summed E-state index contributed by atoms with van der Waals surface area (Å²) in [5.74, 6) is 1.15. The van der Waals surface area contributed by atoms with Crippen molar-refractivity contribution in [3.05, 3.63) is 35.4 Å². The Morgan fingerprint density at radius 2 is 1.86 bits per heavy atom. The molecule has 1 fully saturated rings. The maximum atomic E-state index is 12.7. The molecule has 2 rings (SSSR count). The monoisotopic (exact) mass is 299 g/mol. The van der Waals surface area contributed by atoms with Gasteiger partial charge in [-0.1, -0.05) is 38.8 Å². The van der Waals surface area contributed by atoms with Crippen LogP contribution in [-0.4, -0.2) is 6.54 Å². The van der Waals surface area contributed by atoms with Gasteiger partial charge in [0.15, 0.2) is 0 Å². The SMILES string of the molecule is CCCNC(c1ccc(C(F)(F)F)cc1)C1CCCC1C. The predicted octanol–water partition coefficient (Wildman–Crippen LogP) is 5.18. The van der Waals surface area contributed by atoms with E-state index in [1.807, 2.05) is 0 Å². The predicted molar refractivity (Wildman–Crippen MR) is 79.0 cm³/mol. The highest BCUT2D eigenvalue weighted by Gasteiger charge is 2.33. The molecule has 3 atom stereocenters. The van der Waals surface area contributed by atoms with E-state index in [1.54, 1.807) is 12.1 Å². The molecule has 1 N–H and O–H groups in total. The average Bonchev–Trinajstić information content (AvgIpc) is 2.85. The second-order valence-electron chi connectivity index (χ2n) is 6.12. The van der Waals surface area contributed by atoms with Crippen LogP contribution in [0.15, 0.2) is 24.3 Å². The van der Waals surface area contributed by atoms with Gasteiger partial charge in [-0.3, -0.25) is 0 Å². The van der Waals surface area contributed by atoms with Gasteiger partial charge in [0.2, 0.25) is 0 Å². The van der Waals surface area contributed by atoms with Crippen LogP contribution in [-0.2, 0) is 6.18 Å². The molecule has 0 aromatic heterocycles. The maximum Gasteiger partial charge on any atom is 0.416 e. The molecule has 0 saturated heterocycles. The van der Waals surface area contributed by atoms with Crippen molar-refractivity contribution in [2.75, 3.05) is 6.54 Å². The van der Waals surface area contributed by atoms with E-state index in [4.69, 9.17) is 0 Å². The smallest absolute Gasteiger partial charge is 0.310 e. The fourth-order valence-corrected chi connectivity index (χ4v) is 3.37. The molecule has 3 unspecified atom stereocenters. The Kier molecular flexibility index (Phi) is 5.31. The quantitative estimate of drug-likeness (QED) is 0.789. The molecule has 0 amide bonds. The Bertz CT molecular complexity index is 438. The molecular weight excluding hydrogens is 275 g/mol. The van der Waals surface area contributed by atoms with Gasteiger partial charge in [0, 0.05) is 6.04 Å². The van der Waals surface area contributed by atoms with Crippen LogP contribution in [0, 0.1) is 11.8 Å². The van der Waals surface area contributed by atoms with E-state index in [0.29, 0.717) is 11.8 Å². The van der Waals surface area contributed by atoms with Crippen LogP contribution < -0.4 is 5.32 Å². The van der Waals surface area contributed by atoms with Crippen molar-refractivity contribution in [1.29, 1.82) is 0 Å². The number of nitrogens with one attached hydrogen (secondary N) is 1. The van der Waals surface area contributed by atoms with Crippen molar-refractivity contribution >= 4 is 0 Å². The third kappa shape index (κ3) is 4.00. The molecule has 0 radical (unpaired) electrons. The number of benzene rings is 1. The first-order valence-corrected chi connectivity index (χ1v) is 7.84. The molecule has 1 aliphatic carbocycles. The number of hydrogen-bond acceptors (Lipinski definition) is 1. The molecule has 1 nitrogen and oxygen atoms in total.